The summed E-state index contributed by atoms with van der Waals surface area (Å²) in [5.41, 5.74) is 0.321. The zero-order chi connectivity index (χ0) is 26.5. The minimum Gasteiger partial charge on any atom is -0.488 e. The third-order valence-corrected chi connectivity index (χ3v) is 6.80. The number of carbonyl (C=O) groups excluding carboxylic acids is 2. The van der Waals surface area contributed by atoms with Gasteiger partial charge in [-0.15, -0.1) is 0 Å². The smallest absolute Gasteiger partial charge is 0.410 e. The van der Waals surface area contributed by atoms with Crippen molar-refractivity contribution in [3.8, 4) is 0 Å². The monoisotopic (exact) mass is 523 g/mol. The number of amides is 1. The van der Waals surface area contributed by atoms with Gasteiger partial charge in [0, 0.05) is 25.9 Å². The molecule has 0 radical (unpaired) electrons. The maximum Gasteiger partial charge on any atom is 0.410 e. The van der Waals surface area contributed by atoms with Crippen LogP contribution in [-0.4, -0.2) is 41.1 Å². The molecule has 1 fully saturated rings. The van der Waals surface area contributed by atoms with E-state index in [1.54, 1.807) is 4.90 Å². The Morgan fingerprint density at radius 1 is 1.03 bits per heavy atom. The first kappa shape index (κ1) is 27.0. The lowest BCUT2D eigenvalue weighted by Crippen LogP contribution is -2.55. The number of likely N-dealkylation sites (tertiary alicyclic amines) is 1. The van der Waals surface area contributed by atoms with Gasteiger partial charge in [-0.1, -0.05) is 78.3 Å². The second kappa shape index (κ2) is 11.5. The largest absolute Gasteiger partial charge is 0.488 e. The molecular weight excluding hydrogens is 490 g/mol. The van der Waals surface area contributed by atoms with Gasteiger partial charge in [-0.25, -0.2) is 4.79 Å². The first-order valence-corrected chi connectivity index (χ1v) is 13.0. The summed E-state index contributed by atoms with van der Waals surface area (Å²) in [6, 6.07) is 19.6. The molecule has 2 aliphatic rings. The average Bonchev–Trinajstić information content (AvgIpc) is 2.88. The Hall–Kier alpha value is -3.09. The van der Waals surface area contributed by atoms with E-state index in [2.05, 4.69) is 0 Å². The summed E-state index contributed by atoms with van der Waals surface area (Å²) < 4.78 is 18.3. The van der Waals surface area contributed by atoms with Crippen molar-refractivity contribution in [2.45, 2.75) is 58.0 Å². The van der Waals surface area contributed by atoms with Crippen molar-refractivity contribution in [1.29, 1.82) is 0 Å². The summed E-state index contributed by atoms with van der Waals surface area (Å²) in [4.78, 5) is 27.8. The first-order valence-electron chi connectivity index (χ1n) is 12.6. The zero-order valence-electron chi connectivity index (χ0n) is 21.6. The van der Waals surface area contributed by atoms with Gasteiger partial charge in [-0.3, -0.25) is 4.79 Å². The molecule has 4 rings (SSSR count). The molecule has 2 unspecified atom stereocenters. The van der Waals surface area contributed by atoms with Crippen molar-refractivity contribution in [3.05, 3.63) is 94.7 Å². The number of benzene rings is 2. The second-order valence-corrected chi connectivity index (χ2v) is 10.9. The van der Waals surface area contributed by atoms with E-state index in [0.717, 1.165) is 11.1 Å². The number of ether oxygens (including phenoxy) is 3. The molecule has 2 aromatic rings. The van der Waals surface area contributed by atoms with E-state index in [9.17, 15) is 9.59 Å². The van der Waals surface area contributed by atoms with Gasteiger partial charge in [0.15, 0.2) is 0 Å². The van der Waals surface area contributed by atoms with Crippen LogP contribution in [0, 0.1) is 5.92 Å². The average molecular weight is 524 g/mol. The van der Waals surface area contributed by atoms with Gasteiger partial charge in [0.25, 0.3) is 0 Å². The fourth-order valence-corrected chi connectivity index (χ4v) is 4.72. The molecule has 37 heavy (non-hydrogen) atoms. The molecule has 0 spiro atoms. The molecule has 6 nitrogen and oxygen atoms in total. The number of allylic oxidation sites excluding steroid dienone is 1. The Morgan fingerprint density at radius 3 is 2.27 bits per heavy atom. The van der Waals surface area contributed by atoms with Crippen LogP contribution in [0.15, 0.2) is 83.6 Å². The predicted molar refractivity (Wildman–Crippen MR) is 143 cm³/mol. The van der Waals surface area contributed by atoms with E-state index < -0.39 is 23.2 Å². The Morgan fingerprint density at radius 2 is 1.65 bits per heavy atom. The highest BCUT2D eigenvalue weighted by Gasteiger charge is 2.47. The molecule has 7 heteroatoms. The van der Waals surface area contributed by atoms with E-state index >= 15 is 0 Å². The standard InChI is InChI=1S/C30H34ClNO5/c1-29(2,3)37-28(34)32-17-15-26(33)24(19-32)30(36-21-23-12-8-5-9-13-23)16-14-25(31)27(18-30)35-20-22-10-6-4-7-11-22/h4-14,18,24H,15-17,19-21H2,1-3H3. The lowest BCUT2D eigenvalue weighted by molar-refractivity contribution is -0.141. The molecule has 1 saturated heterocycles. The number of Topliss-reactive ketones (excluding diaryl/α,β-unsaturated/α-hetero) is 1. The van der Waals surface area contributed by atoms with E-state index in [-0.39, 0.29) is 18.7 Å². The molecule has 1 aliphatic carbocycles. The minimum atomic E-state index is -1.03. The van der Waals surface area contributed by atoms with Crippen LogP contribution in [0.25, 0.3) is 0 Å². The first-order chi connectivity index (χ1) is 17.7. The second-order valence-electron chi connectivity index (χ2n) is 10.5. The molecule has 2 atom stereocenters. The molecule has 2 aromatic carbocycles. The van der Waals surface area contributed by atoms with Gasteiger partial charge >= 0.3 is 6.09 Å². The summed E-state index contributed by atoms with van der Waals surface area (Å²) in [7, 11) is 0. The summed E-state index contributed by atoms with van der Waals surface area (Å²) in [6.07, 6.45) is 3.85. The van der Waals surface area contributed by atoms with Crippen molar-refractivity contribution in [3.63, 3.8) is 0 Å². The molecule has 0 N–H and O–H groups in total. The molecule has 1 aliphatic heterocycles. The lowest BCUT2D eigenvalue weighted by atomic mass is 9.76. The van der Waals surface area contributed by atoms with Gasteiger partial charge in [0.05, 0.1) is 17.6 Å². The maximum absolute atomic E-state index is 13.3. The molecule has 0 saturated carbocycles. The van der Waals surface area contributed by atoms with Gasteiger partial charge < -0.3 is 19.1 Å². The number of halogens is 1. The summed E-state index contributed by atoms with van der Waals surface area (Å²) >= 11 is 6.56. The highest BCUT2D eigenvalue weighted by Crippen LogP contribution is 2.40. The van der Waals surface area contributed by atoms with Gasteiger partial charge in [0.1, 0.15) is 29.4 Å². The summed E-state index contributed by atoms with van der Waals surface area (Å²) in [6.45, 7) is 6.62. The lowest BCUT2D eigenvalue weighted by Gasteiger charge is -2.43. The Kier molecular flexibility index (Phi) is 8.40. The number of nitrogens with zero attached hydrogens (tertiary/aromatic N) is 1. The van der Waals surface area contributed by atoms with Crippen molar-refractivity contribution >= 4 is 23.5 Å². The van der Waals surface area contributed by atoms with Crippen LogP contribution in [0.4, 0.5) is 4.79 Å². The number of hydrogen-bond acceptors (Lipinski definition) is 5. The van der Waals surface area contributed by atoms with Gasteiger partial charge in [0.2, 0.25) is 0 Å². The fourth-order valence-electron chi connectivity index (χ4n) is 4.53. The van der Waals surface area contributed by atoms with Crippen LogP contribution in [0.2, 0.25) is 0 Å². The van der Waals surface area contributed by atoms with Crippen LogP contribution in [0.5, 0.6) is 0 Å². The third kappa shape index (κ3) is 7.02. The topological polar surface area (TPSA) is 65.1 Å². The Labute approximate surface area is 223 Å². The fraction of sp³-hybridized carbons (Fsp3) is 0.400. The summed E-state index contributed by atoms with van der Waals surface area (Å²) in [5, 5.41) is 0.474. The molecule has 0 bridgehead atoms. The molecule has 0 aromatic heterocycles. The van der Waals surface area contributed by atoms with Crippen LogP contribution in [-0.2, 0) is 32.2 Å². The quantitative estimate of drug-likeness (QED) is 0.420. The molecular formula is C30H34ClNO5. The van der Waals surface area contributed by atoms with Crippen LogP contribution in [0.1, 0.15) is 44.7 Å². The number of hydrogen-bond donors (Lipinski definition) is 0. The van der Waals surface area contributed by atoms with E-state index in [1.807, 2.05) is 93.6 Å². The number of ketones is 1. The molecule has 1 amide bonds. The Bertz CT molecular complexity index is 1160. The highest BCUT2D eigenvalue weighted by molar-refractivity contribution is 6.31. The normalized spacial score (nSPS) is 22.2. The van der Waals surface area contributed by atoms with Crippen LogP contribution >= 0.6 is 11.6 Å². The maximum atomic E-state index is 13.3. The van der Waals surface area contributed by atoms with E-state index in [1.165, 1.54) is 0 Å². The van der Waals surface area contributed by atoms with Crippen molar-refractivity contribution < 1.29 is 23.8 Å². The molecule has 196 valence electrons. The van der Waals surface area contributed by atoms with Crippen molar-refractivity contribution in [1.82, 2.24) is 4.90 Å². The SMILES string of the molecule is CC(C)(C)OC(=O)N1CCC(=O)C(C2(OCc3ccccc3)C=C(OCc3ccccc3)C(Cl)=CC2)C1. The van der Waals surface area contributed by atoms with Gasteiger partial charge in [-0.2, -0.15) is 0 Å². The summed E-state index contributed by atoms with van der Waals surface area (Å²) in [5.74, 6) is -0.0983. The van der Waals surface area contributed by atoms with Crippen molar-refractivity contribution in [2.24, 2.45) is 5.92 Å². The Balaban J connectivity index is 1.63. The number of rotatable bonds is 7. The number of carbonyl (C=O) groups is 2. The minimum absolute atomic E-state index is 0.0398. The van der Waals surface area contributed by atoms with Gasteiger partial charge in [-0.05, 0) is 38.0 Å². The van der Waals surface area contributed by atoms with Crippen LogP contribution < -0.4 is 0 Å². The highest BCUT2D eigenvalue weighted by atomic mass is 35.5. The van der Waals surface area contributed by atoms with E-state index in [4.69, 9.17) is 25.8 Å². The zero-order valence-corrected chi connectivity index (χ0v) is 22.4. The third-order valence-electron chi connectivity index (χ3n) is 6.46. The van der Waals surface area contributed by atoms with Crippen LogP contribution in [0.3, 0.4) is 0 Å². The number of piperidine rings is 1. The van der Waals surface area contributed by atoms with Crippen molar-refractivity contribution in [2.75, 3.05) is 13.1 Å². The molecule has 1 heterocycles. The predicted octanol–water partition coefficient (Wildman–Crippen LogP) is 6.40. The van der Waals surface area contributed by atoms with E-state index in [0.29, 0.717) is 37.0 Å².